The molecular weight excluding hydrogens is 872 g/mol. The molecule has 2 aliphatic rings. The summed E-state index contributed by atoms with van der Waals surface area (Å²) in [5.74, 6) is -2.02. The number of carbonyl (C=O) groups excluding carboxylic acids is 2. The normalized spacial score (nSPS) is 15.5. The third kappa shape index (κ3) is 9.84. The number of anilines is 2. The molecule has 2 amide bonds. The van der Waals surface area contributed by atoms with Gasteiger partial charge in [-0.2, -0.15) is 0 Å². The van der Waals surface area contributed by atoms with E-state index in [1.165, 1.54) is 24.3 Å². The number of hydrogen-bond donors (Lipinski definition) is 6. The minimum Gasteiger partial charge on any atom is -0.870 e. The van der Waals surface area contributed by atoms with E-state index in [2.05, 4.69) is 24.9 Å². The standard InChI is InChI=1S/C24H21N5O5S.C18H17N5O3.CH4O.Na.H2O/c25-20(30)18-12-7-13-28(18)22-17-14-19(24(31)32)29(35(33,34)16-10-5-2-6-11-16)23(17)27-21(26-22)15-8-3-1-4-9-15;19-14(24)13-7-4-8-23(13)17-11-9-12(18(25)26)20-16(11)21-15(22-17)10-5-2-1-3-6-10;1-2;;/h1-6,8-11,14,18H,7,12-13H2,(H2,25,30)(H,31,32);1-3,5-6,9,13H,4,7-8H2,(H2,19,24)(H,25,26)(H,20,21,22);2H,1H3;;1H2/q;;;+1;/p-1/t18-;13-;;;/m00.../s1. The van der Waals surface area contributed by atoms with Crippen LogP contribution in [0.1, 0.15) is 46.7 Å². The zero-order valence-electron chi connectivity index (χ0n) is 35.1. The number of nitrogens with zero attached hydrogens (tertiary/aromatic N) is 7. The van der Waals surface area contributed by atoms with Crippen LogP contribution >= 0.6 is 0 Å². The molecule has 9 N–H and O–H groups in total. The van der Waals surface area contributed by atoms with Crippen LogP contribution in [0, 0.1) is 0 Å². The SMILES string of the molecule is CO.NC(=O)[C@@H]1CCCN1c1nc(-c2ccccc2)nc2[nH]c(C(=O)O)cc12.NC(=O)[C@@H]1CCCN1c1nc(-c2ccccc2)nc2c1cc(C(=O)O)n2S(=O)(=O)c1ccccc1.[Na+].[OH-]. The minimum atomic E-state index is -4.33. The molecule has 2 fully saturated rings. The van der Waals surface area contributed by atoms with Crippen LogP contribution in [0.4, 0.5) is 11.6 Å². The number of primary amides is 2. The number of carboxylic acid groups (broad SMARTS) is 2. The molecule has 3 aromatic carbocycles. The second-order valence-electron chi connectivity index (χ2n) is 14.4. The van der Waals surface area contributed by atoms with Gasteiger partial charge in [0.1, 0.15) is 40.8 Å². The number of carbonyl (C=O) groups is 4. The van der Waals surface area contributed by atoms with Gasteiger partial charge < -0.3 is 47.0 Å². The zero-order chi connectivity index (χ0) is 45.0. The van der Waals surface area contributed by atoms with Crippen LogP contribution in [0.2, 0.25) is 0 Å². The largest absolute Gasteiger partial charge is 1.00 e. The molecule has 2 aliphatic heterocycles. The number of nitrogens with one attached hydrogen (secondary N) is 1. The van der Waals surface area contributed by atoms with Gasteiger partial charge in [-0.25, -0.2) is 41.9 Å². The van der Waals surface area contributed by atoms with Crippen LogP contribution in [0.5, 0.6) is 0 Å². The van der Waals surface area contributed by atoms with Crippen LogP contribution in [0.25, 0.3) is 44.8 Å². The van der Waals surface area contributed by atoms with Crippen molar-refractivity contribution in [1.82, 2.24) is 28.9 Å². The molecule has 4 aromatic heterocycles. The summed E-state index contributed by atoms with van der Waals surface area (Å²) in [6.45, 7) is 1.08. The molecule has 0 spiro atoms. The van der Waals surface area contributed by atoms with Crippen molar-refractivity contribution in [2.45, 2.75) is 42.7 Å². The molecule has 332 valence electrons. The maximum Gasteiger partial charge on any atom is 1.00 e. The zero-order valence-corrected chi connectivity index (χ0v) is 38.0. The van der Waals surface area contributed by atoms with Crippen LogP contribution < -0.4 is 50.8 Å². The molecule has 9 rings (SSSR count). The van der Waals surface area contributed by atoms with E-state index in [4.69, 9.17) is 16.6 Å². The molecule has 0 unspecified atom stereocenters. The number of H-pyrrole nitrogens is 1. The first kappa shape index (κ1) is 49.3. The Bertz CT molecular complexity index is 2960. The van der Waals surface area contributed by atoms with E-state index in [1.807, 2.05) is 41.3 Å². The maximum absolute atomic E-state index is 13.6. The molecule has 65 heavy (non-hydrogen) atoms. The topological polar surface area (TPSA) is 324 Å². The fraction of sp³-hybridized carbons (Fsp3) is 0.209. The second-order valence-corrected chi connectivity index (χ2v) is 16.2. The third-order valence-electron chi connectivity index (χ3n) is 10.6. The Morgan fingerprint density at radius 1 is 0.662 bits per heavy atom. The summed E-state index contributed by atoms with van der Waals surface area (Å²) >= 11 is 0. The van der Waals surface area contributed by atoms with Crippen LogP contribution in [-0.2, 0) is 19.6 Å². The molecule has 7 aromatic rings. The number of amides is 2. The van der Waals surface area contributed by atoms with Crippen molar-refractivity contribution < 1.29 is 77.9 Å². The first-order valence-electron chi connectivity index (χ1n) is 19.6. The summed E-state index contributed by atoms with van der Waals surface area (Å²) in [5, 5.41) is 27.0. The van der Waals surface area contributed by atoms with Crippen molar-refractivity contribution in [3.8, 4) is 22.8 Å². The van der Waals surface area contributed by atoms with Crippen molar-refractivity contribution in [2.24, 2.45) is 11.5 Å². The number of aromatic carboxylic acids is 2. The van der Waals surface area contributed by atoms with Crippen molar-refractivity contribution in [1.29, 1.82) is 0 Å². The number of aromatic amines is 1. The van der Waals surface area contributed by atoms with Gasteiger partial charge in [-0.1, -0.05) is 78.9 Å². The predicted octanol–water partition coefficient (Wildman–Crippen LogP) is 0.701. The maximum atomic E-state index is 13.6. The van der Waals surface area contributed by atoms with E-state index in [-0.39, 0.29) is 68.3 Å². The summed E-state index contributed by atoms with van der Waals surface area (Å²) in [6, 6.07) is 27.5. The number of aliphatic hydroxyl groups is 1. The average Bonchev–Trinajstić information content (AvgIpc) is 4.13. The average molecular weight is 915 g/mol. The Balaban J connectivity index is 0.000000237. The number of aromatic nitrogens is 6. The van der Waals surface area contributed by atoms with E-state index in [1.54, 1.807) is 47.4 Å². The number of benzene rings is 3. The number of rotatable bonds is 10. The number of carboxylic acids is 2. The van der Waals surface area contributed by atoms with Gasteiger partial charge in [0.15, 0.2) is 17.3 Å². The third-order valence-corrected chi connectivity index (χ3v) is 12.3. The quantitative estimate of drug-likeness (QED) is 0.103. The van der Waals surface area contributed by atoms with Gasteiger partial charge in [0.05, 0.1) is 15.7 Å². The van der Waals surface area contributed by atoms with Crippen molar-refractivity contribution in [3.63, 3.8) is 0 Å². The molecule has 22 heteroatoms. The van der Waals surface area contributed by atoms with Crippen molar-refractivity contribution in [3.05, 3.63) is 115 Å². The molecule has 0 radical (unpaired) electrons. The Labute approximate surface area is 393 Å². The number of nitrogens with two attached hydrogens (primary N) is 2. The van der Waals surface area contributed by atoms with Crippen LogP contribution in [0.15, 0.2) is 108 Å². The van der Waals surface area contributed by atoms with E-state index >= 15 is 0 Å². The molecule has 6 heterocycles. The van der Waals surface area contributed by atoms with E-state index < -0.39 is 51.6 Å². The molecule has 0 bridgehead atoms. The molecule has 20 nitrogen and oxygen atoms in total. The van der Waals surface area contributed by atoms with E-state index in [9.17, 15) is 37.8 Å². The fourth-order valence-corrected chi connectivity index (χ4v) is 9.21. The molecule has 2 saturated heterocycles. The van der Waals surface area contributed by atoms with Gasteiger partial charge in [0.25, 0.3) is 10.0 Å². The second kappa shape index (κ2) is 20.8. The minimum absolute atomic E-state index is 0. The summed E-state index contributed by atoms with van der Waals surface area (Å²) < 4.78 is 28.0. The van der Waals surface area contributed by atoms with Gasteiger partial charge in [-0.05, 0) is 49.9 Å². The van der Waals surface area contributed by atoms with Gasteiger partial charge in [0.2, 0.25) is 11.8 Å². The van der Waals surface area contributed by atoms with E-state index in [0.717, 1.165) is 23.1 Å². The first-order valence-corrected chi connectivity index (χ1v) is 21.1. The van der Waals surface area contributed by atoms with Gasteiger partial charge in [-0.15, -0.1) is 0 Å². The van der Waals surface area contributed by atoms with Crippen molar-refractivity contribution in [2.75, 3.05) is 30.0 Å². The summed E-state index contributed by atoms with van der Waals surface area (Å²) in [4.78, 5) is 72.1. The molecule has 0 saturated carbocycles. The number of hydrogen-bond acceptors (Lipinski definition) is 14. The van der Waals surface area contributed by atoms with Gasteiger partial charge in [-0.3, -0.25) is 9.59 Å². The van der Waals surface area contributed by atoms with Crippen LogP contribution in [0.3, 0.4) is 0 Å². The monoisotopic (exact) mass is 914 g/mol. The molecule has 0 aliphatic carbocycles. The summed E-state index contributed by atoms with van der Waals surface area (Å²) in [5.41, 5.74) is 12.4. The Hall–Kier alpha value is -6.75. The Morgan fingerprint density at radius 2 is 1.12 bits per heavy atom. The Kier molecular flexibility index (Phi) is 15.8. The van der Waals surface area contributed by atoms with Crippen molar-refractivity contribution >= 4 is 67.5 Å². The number of fused-ring (bicyclic) bond motifs is 2. The molecule has 2 atom stereocenters. The molecular formula is C43H43N10NaO10S. The van der Waals surface area contributed by atoms with Gasteiger partial charge >= 0.3 is 41.5 Å². The summed E-state index contributed by atoms with van der Waals surface area (Å²) in [6.07, 6.45) is 2.65. The van der Waals surface area contributed by atoms with Crippen LogP contribution in [-0.4, -0.2) is 114 Å². The van der Waals surface area contributed by atoms with E-state index in [0.29, 0.717) is 60.6 Å². The smallest absolute Gasteiger partial charge is 0.870 e. The number of aliphatic hydroxyl groups excluding tert-OH is 1. The fourth-order valence-electron chi connectivity index (χ4n) is 7.74. The van der Waals surface area contributed by atoms with Gasteiger partial charge in [0, 0.05) is 31.3 Å². The Morgan fingerprint density at radius 3 is 1.58 bits per heavy atom. The predicted molar refractivity (Wildman–Crippen MR) is 234 cm³/mol. The first-order chi connectivity index (χ1) is 30.3. The summed E-state index contributed by atoms with van der Waals surface area (Å²) in [7, 11) is -3.33.